The molecule has 134 valence electrons. The van der Waals surface area contributed by atoms with Crippen LogP contribution < -0.4 is 5.32 Å². The second-order valence-electron chi connectivity index (χ2n) is 6.76. The van der Waals surface area contributed by atoms with Gasteiger partial charge in [-0.05, 0) is 26.3 Å². The van der Waals surface area contributed by atoms with Crippen LogP contribution in [0.5, 0.6) is 0 Å². The van der Waals surface area contributed by atoms with Crippen LogP contribution in [0, 0.1) is 6.92 Å². The monoisotopic (exact) mass is 346 g/mol. The van der Waals surface area contributed by atoms with Crippen LogP contribution in [0.3, 0.4) is 0 Å². The van der Waals surface area contributed by atoms with Crippen molar-refractivity contribution in [2.75, 3.05) is 6.54 Å². The summed E-state index contributed by atoms with van der Waals surface area (Å²) in [6, 6.07) is 7.68. The third-order valence-corrected chi connectivity index (χ3v) is 4.17. The molecular weight excluding hydrogens is 324 g/mol. The van der Waals surface area contributed by atoms with Crippen molar-refractivity contribution < 1.29 is 24.6 Å². The Morgan fingerprint density at radius 3 is 2.40 bits per heavy atom. The molecule has 1 aromatic carbocycles. The molecular formula is C18H22N2O5. The first-order valence-electron chi connectivity index (χ1n) is 7.91. The summed E-state index contributed by atoms with van der Waals surface area (Å²) < 4.78 is 0. The van der Waals surface area contributed by atoms with Gasteiger partial charge in [0, 0.05) is 18.5 Å². The Morgan fingerprint density at radius 2 is 1.84 bits per heavy atom. The van der Waals surface area contributed by atoms with Crippen molar-refractivity contribution in [1.82, 2.24) is 10.2 Å². The number of aliphatic hydroxyl groups excluding tert-OH is 1. The molecule has 0 radical (unpaired) electrons. The first-order valence-corrected chi connectivity index (χ1v) is 7.91. The van der Waals surface area contributed by atoms with Gasteiger partial charge in [0.1, 0.15) is 17.9 Å². The van der Waals surface area contributed by atoms with Crippen LogP contribution in [0.2, 0.25) is 0 Å². The summed E-state index contributed by atoms with van der Waals surface area (Å²) in [7, 11) is 0. The van der Waals surface area contributed by atoms with E-state index in [1.165, 1.54) is 4.90 Å². The number of aliphatic carboxylic acids is 1. The molecule has 7 heteroatoms. The maximum absolute atomic E-state index is 12.8. The fraction of sp³-hybridized carbons (Fsp3) is 0.389. The van der Waals surface area contributed by atoms with Crippen LogP contribution in [0.1, 0.15) is 31.4 Å². The minimum Gasteiger partial charge on any atom is -0.511 e. The quantitative estimate of drug-likeness (QED) is 0.701. The highest BCUT2D eigenvalue weighted by molar-refractivity contribution is 6.19. The van der Waals surface area contributed by atoms with E-state index in [4.69, 9.17) is 5.11 Å². The second-order valence-corrected chi connectivity index (χ2v) is 6.76. The Kier molecular flexibility index (Phi) is 5.15. The molecule has 0 atom stereocenters. The number of hydrogen-bond donors (Lipinski definition) is 3. The standard InChI is InChI=1S/C18H22N2O5/c1-11-4-6-12(7-5-11)10-20-17(25)15(13(21)8-18(20,2)3)16(24)19-9-14(22)23/h4-7,21H,8-10H2,1-3H3,(H,19,24)(H,22,23). The number of carbonyl (C=O) groups is 3. The first-order chi connectivity index (χ1) is 11.6. The van der Waals surface area contributed by atoms with Gasteiger partial charge in [-0.2, -0.15) is 0 Å². The minimum absolute atomic E-state index is 0.112. The maximum Gasteiger partial charge on any atom is 0.322 e. The van der Waals surface area contributed by atoms with Gasteiger partial charge in [-0.1, -0.05) is 29.8 Å². The topological polar surface area (TPSA) is 107 Å². The molecule has 0 bridgehead atoms. The molecule has 2 rings (SSSR count). The molecule has 0 unspecified atom stereocenters. The summed E-state index contributed by atoms with van der Waals surface area (Å²) in [5.74, 6) is -3.04. The number of carboxylic acid groups (broad SMARTS) is 1. The van der Waals surface area contributed by atoms with E-state index in [0.29, 0.717) is 0 Å². The highest BCUT2D eigenvalue weighted by atomic mass is 16.4. The SMILES string of the molecule is Cc1ccc(CN2C(=O)C(C(=O)NCC(=O)O)=C(O)CC2(C)C)cc1. The zero-order valence-corrected chi connectivity index (χ0v) is 14.5. The van der Waals surface area contributed by atoms with Crippen molar-refractivity contribution in [3.05, 3.63) is 46.7 Å². The first kappa shape index (κ1) is 18.5. The lowest BCUT2D eigenvalue weighted by Crippen LogP contribution is -2.53. The van der Waals surface area contributed by atoms with Gasteiger partial charge in [0.15, 0.2) is 0 Å². The third-order valence-electron chi connectivity index (χ3n) is 4.17. The molecule has 25 heavy (non-hydrogen) atoms. The molecule has 1 aliphatic heterocycles. The Bertz CT molecular complexity index is 734. The van der Waals surface area contributed by atoms with Crippen molar-refractivity contribution in [2.45, 2.75) is 39.3 Å². The highest BCUT2D eigenvalue weighted by Gasteiger charge is 2.42. The lowest BCUT2D eigenvalue weighted by Gasteiger charge is -2.42. The number of aryl methyl sites for hydroxylation is 1. The van der Waals surface area contributed by atoms with E-state index >= 15 is 0 Å². The van der Waals surface area contributed by atoms with Crippen molar-refractivity contribution in [3.8, 4) is 0 Å². The minimum atomic E-state index is -1.23. The second kappa shape index (κ2) is 6.96. The number of aliphatic hydroxyl groups is 1. The van der Waals surface area contributed by atoms with E-state index in [0.717, 1.165) is 11.1 Å². The molecule has 1 aliphatic rings. The van der Waals surface area contributed by atoms with Crippen LogP contribution in [0.15, 0.2) is 35.6 Å². The largest absolute Gasteiger partial charge is 0.511 e. The molecule has 7 nitrogen and oxygen atoms in total. The molecule has 3 N–H and O–H groups in total. The summed E-state index contributed by atoms with van der Waals surface area (Å²) in [6.07, 6.45) is 0.112. The lowest BCUT2D eigenvalue weighted by molar-refractivity contribution is -0.140. The van der Waals surface area contributed by atoms with Crippen LogP contribution in [0.4, 0.5) is 0 Å². The molecule has 0 aromatic heterocycles. The number of amides is 2. The summed E-state index contributed by atoms with van der Waals surface area (Å²) >= 11 is 0. The Hall–Kier alpha value is -2.83. The molecule has 0 saturated carbocycles. The van der Waals surface area contributed by atoms with Crippen LogP contribution in [-0.4, -0.2) is 45.0 Å². The normalized spacial score (nSPS) is 16.8. The fourth-order valence-corrected chi connectivity index (χ4v) is 2.76. The van der Waals surface area contributed by atoms with Gasteiger partial charge >= 0.3 is 5.97 Å². The number of rotatable bonds is 5. The van der Waals surface area contributed by atoms with E-state index < -0.39 is 35.4 Å². The zero-order chi connectivity index (χ0) is 18.8. The highest BCUT2D eigenvalue weighted by Crippen LogP contribution is 2.32. The van der Waals surface area contributed by atoms with Crippen LogP contribution in [0.25, 0.3) is 0 Å². The van der Waals surface area contributed by atoms with Crippen molar-refractivity contribution in [3.63, 3.8) is 0 Å². The number of carboxylic acids is 1. The average molecular weight is 346 g/mol. The number of nitrogens with one attached hydrogen (secondary N) is 1. The van der Waals surface area contributed by atoms with Gasteiger partial charge in [-0.25, -0.2) is 0 Å². The molecule has 2 amide bonds. The third kappa shape index (κ3) is 4.17. The average Bonchev–Trinajstić information content (AvgIpc) is 2.50. The summed E-state index contributed by atoms with van der Waals surface area (Å²) in [5, 5.41) is 20.9. The van der Waals surface area contributed by atoms with E-state index in [1.807, 2.05) is 31.2 Å². The number of nitrogens with zero attached hydrogens (tertiary/aromatic N) is 1. The number of carbonyl (C=O) groups excluding carboxylic acids is 2. The molecule has 0 saturated heterocycles. The van der Waals surface area contributed by atoms with Crippen molar-refractivity contribution >= 4 is 17.8 Å². The molecule has 0 spiro atoms. The van der Waals surface area contributed by atoms with Gasteiger partial charge in [0.05, 0.1) is 0 Å². The van der Waals surface area contributed by atoms with Crippen molar-refractivity contribution in [1.29, 1.82) is 0 Å². The Balaban J connectivity index is 2.28. The van der Waals surface area contributed by atoms with Crippen molar-refractivity contribution in [2.24, 2.45) is 0 Å². The molecule has 0 aliphatic carbocycles. The zero-order valence-electron chi connectivity index (χ0n) is 14.5. The van der Waals surface area contributed by atoms with Gasteiger partial charge in [-0.3, -0.25) is 14.4 Å². The van der Waals surface area contributed by atoms with Gasteiger partial charge < -0.3 is 20.4 Å². The predicted octanol–water partition coefficient (Wildman–Crippen LogP) is 1.52. The lowest BCUT2D eigenvalue weighted by atomic mass is 9.88. The van der Waals surface area contributed by atoms with Crippen LogP contribution >= 0.6 is 0 Å². The summed E-state index contributed by atoms with van der Waals surface area (Å²) in [6.45, 7) is 5.24. The molecule has 1 heterocycles. The molecule has 0 fully saturated rings. The van der Waals surface area contributed by atoms with Gasteiger partial charge in [-0.15, -0.1) is 0 Å². The number of hydrogen-bond acceptors (Lipinski definition) is 4. The van der Waals surface area contributed by atoms with Gasteiger partial charge in [0.25, 0.3) is 11.8 Å². The smallest absolute Gasteiger partial charge is 0.322 e. The predicted molar refractivity (Wildman–Crippen MR) is 90.7 cm³/mol. The fourth-order valence-electron chi connectivity index (χ4n) is 2.76. The van der Waals surface area contributed by atoms with E-state index in [9.17, 15) is 19.5 Å². The molecule has 1 aromatic rings. The Morgan fingerprint density at radius 1 is 1.24 bits per heavy atom. The summed E-state index contributed by atoms with van der Waals surface area (Å²) in [4.78, 5) is 37.1. The van der Waals surface area contributed by atoms with E-state index in [2.05, 4.69) is 5.32 Å². The summed E-state index contributed by atoms with van der Waals surface area (Å²) in [5.41, 5.74) is 0.925. The van der Waals surface area contributed by atoms with E-state index in [1.54, 1.807) is 13.8 Å². The van der Waals surface area contributed by atoms with E-state index in [-0.39, 0.29) is 18.7 Å². The maximum atomic E-state index is 12.8. The Labute approximate surface area is 145 Å². The van der Waals surface area contributed by atoms with Crippen LogP contribution in [-0.2, 0) is 20.9 Å². The number of benzene rings is 1. The van der Waals surface area contributed by atoms with Gasteiger partial charge in [0.2, 0.25) is 0 Å².